The minimum absolute atomic E-state index is 0.0221. The molecule has 1 aliphatic heterocycles. The van der Waals surface area contributed by atoms with E-state index in [1.54, 1.807) is 14.0 Å². The van der Waals surface area contributed by atoms with Crippen LogP contribution in [-0.4, -0.2) is 53.3 Å². The number of rotatable bonds is 5. The molecule has 1 amide bonds. The zero-order valence-electron chi connectivity index (χ0n) is 14.4. The molecule has 0 aromatic carbocycles. The van der Waals surface area contributed by atoms with Gasteiger partial charge in [0.15, 0.2) is 5.82 Å². The van der Waals surface area contributed by atoms with Crippen LogP contribution in [0.5, 0.6) is 0 Å². The lowest BCUT2D eigenvalue weighted by Crippen LogP contribution is -2.49. The molecule has 7 nitrogen and oxygen atoms in total. The number of ether oxygens (including phenoxy) is 1. The average molecular weight is 334 g/mol. The second kappa shape index (κ2) is 6.44. The fourth-order valence-corrected chi connectivity index (χ4v) is 4.34. The maximum absolute atomic E-state index is 11.4. The molecule has 2 saturated carbocycles. The van der Waals surface area contributed by atoms with Gasteiger partial charge in [-0.15, -0.1) is 0 Å². The van der Waals surface area contributed by atoms with E-state index in [0.717, 1.165) is 44.2 Å². The molecule has 0 radical (unpaired) electrons. The summed E-state index contributed by atoms with van der Waals surface area (Å²) in [6.45, 7) is 4.37. The van der Waals surface area contributed by atoms with E-state index >= 15 is 0 Å². The third kappa shape index (κ3) is 3.32. The molecular weight excluding hydrogens is 308 g/mol. The molecular formula is C17H26N4O3. The van der Waals surface area contributed by atoms with Crippen molar-refractivity contribution >= 4 is 5.91 Å². The number of methoxy groups -OCH3 is 1. The highest BCUT2D eigenvalue weighted by Crippen LogP contribution is 2.39. The molecule has 4 atom stereocenters. The Labute approximate surface area is 142 Å². The van der Waals surface area contributed by atoms with Crippen LogP contribution in [0.1, 0.15) is 50.2 Å². The van der Waals surface area contributed by atoms with Crippen molar-refractivity contribution in [2.75, 3.05) is 20.2 Å². The summed E-state index contributed by atoms with van der Waals surface area (Å²) in [6, 6.07) is 0.124. The van der Waals surface area contributed by atoms with Crippen molar-refractivity contribution in [1.29, 1.82) is 0 Å². The summed E-state index contributed by atoms with van der Waals surface area (Å²) in [5.41, 5.74) is 0. The van der Waals surface area contributed by atoms with Gasteiger partial charge in [-0.2, -0.15) is 4.98 Å². The van der Waals surface area contributed by atoms with Gasteiger partial charge in [0.2, 0.25) is 11.8 Å². The molecule has 2 aliphatic carbocycles. The third-order valence-electron chi connectivity index (χ3n) is 5.67. The van der Waals surface area contributed by atoms with Crippen LogP contribution in [0.3, 0.4) is 0 Å². The van der Waals surface area contributed by atoms with Gasteiger partial charge in [-0.05, 0) is 37.5 Å². The van der Waals surface area contributed by atoms with Crippen molar-refractivity contribution in [3.8, 4) is 0 Å². The van der Waals surface area contributed by atoms with E-state index in [4.69, 9.17) is 9.26 Å². The first-order valence-electron chi connectivity index (χ1n) is 8.97. The Hall–Kier alpha value is -1.47. The highest BCUT2D eigenvalue weighted by atomic mass is 16.5. The van der Waals surface area contributed by atoms with Gasteiger partial charge in [0.05, 0.1) is 18.7 Å². The monoisotopic (exact) mass is 334 g/mol. The SMILES string of the molecule is CO[C@@H]1C[C@H]2CN(Cc3nc(C4CC4)no3)C[C@H]2C[C@H]1NC(C)=O. The van der Waals surface area contributed by atoms with E-state index in [1.807, 2.05) is 0 Å². The number of likely N-dealkylation sites (tertiary alicyclic amines) is 1. The highest BCUT2D eigenvalue weighted by molar-refractivity contribution is 5.73. The molecule has 3 fully saturated rings. The number of nitrogens with zero attached hydrogens (tertiary/aromatic N) is 3. The molecule has 24 heavy (non-hydrogen) atoms. The molecule has 0 bridgehead atoms. The Kier molecular flexibility index (Phi) is 4.30. The fraction of sp³-hybridized carbons (Fsp3) is 0.824. The summed E-state index contributed by atoms with van der Waals surface area (Å²) in [5.74, 6) is 3.38. The Balaban J connectivity index is 1.36. The third-order valence-corrected chi connectivity index (χ3v) is 5.67. The normalized spacial score (nSPS) is 33.4. The highest BCUT2D eigenvalue weighted by Gasteiger charge is 2.43. The van der Waals surface area contributed by atoms with Crippen LogP contribution in [0.4, 0.5) is 0 Å². The summed E-state index contributed by atoms with van der Waals surface area (Å²) in [5, 5.41) is 7.16. The molecule has 132 valence electrons. The minimum Gasteiger partial charge on any atom is -0.379 e. The van der Waals surface area contributed by atoms with Crippen LogP contribution in [0.25, 0.3) is 0 Å². The predicted molar refractivity (Wildman–Crippen MR) is 86.2 cm³/mol. The number of nitrogens with one attached hydrogen (secondary N) is 1. The molecule has 4 rings (SSSR count). The van der Waals surface area contributed by atoms with Crippen LogP contribution in [-0.2, 0) is 16.1 Å². The van der Waals surface area contributed by atoms with Gasteiger partial charge >= 0.3 is 0 Å². The van der Waals surface area contributed by atoms with Gasteiger partial charge in [-0.1, -0.05) is 5.16 Å². The van der Waals surface area contributed by atoms with Crippen LogP contribution in [0.2, 0.25) is 0 Å². The summed E-state index contributed by atoms with van der Waals surface area (Å²) in [7, 11) is 1.74. The Morgan fingerprint density at radius 3 is 2.75 bits per heavy atom. The van der Waals surface area contributed by atoms with E-state index < -0.39 is 0 Å². The van der Waals surface area contributed by atoms with Crippen molar-refractivity contribution in [3.63, 3.8) is 0 Å². The van der Waals surface area contributed by atoms with Gasteiger partial charge in [0, 0.05) is 33.0 Å². The van der Waals surface area contributed by atoms with Crippen molar-refractivity contribution < 1.29 is 14.1 Å². The van der Waals surface area contributed by atoms with E-state index in [2.05, 4.69) is 20.4 Å². The second-order valence-electron chi connectivity index (χ2n) is 7.59. The van der Waals surface area contributed by atoms with Crippen molar-refractivity contribution in [2.24, 2.45) is 11.8 Å². The first-order valence-corrected chi connectivity index (χ1v) is 8.97. The van der Waals surface area contributed by atoms with Crippen LogP contribution < -0.4 is 5.32 Å². The molecule has 0 unspecified atom stereocenters. The largest absolute Gasteiger partial charge is 0.379 e. The number of aromatic nitrogens is 2. The predicted octanol–water partition coefficient (Wildman–Crippen LogP) is 1.31. The van der Waals surface area contributed by atoms with E-state index in [0.29, 0.717) is 17.8 Å². The average Bonchev–Trinajstić information content (AvgIpc) is 3.17. The second-order valence-corrected chi connectivity index (χ2v) is 7.59. The van der Waals surface area contributed by atoms with Gasteiger partial charge in [-0.3, -0.25) is 9.69 Å². The molecule has 1 N–H and O–H groups in total. The lowest BCUT2D eigenvalue weighted by atomic mass is 9.77. The van der Waals surface area contributed by atoms with Crippen molar-refractivity contribution in [1.82, 2.24) is 20.4 Å². The topological polar surface area (TPSA) is 80.5 Å². The Morgan fingerprint density at radius 1 is 1.33 bits per heavy atom. The summed E-state index contributed by atoms with van der Waals surface area (Å²) in [4.78, 5) is 18.4. The van der Waals surface area contributed by atoms with Crippen molar-refractivity contribution in [3.05, 3.63) is 11.7 Å². The number of fused-ring (bicyclic) bond motifs is 1. The lowest BCUT2D eigenvalue weighted by Gasteiger charge is -2.37. The smallest absolute Gasteiger partial charge is 0.240 e. The molecule has 1 saturated heterocycles. The molecule has 1 aromatic heterocycles. The zero-order valence-corrected chi connectivity index (χ0v) is 14.4. The van der Waals surface area contributed by atoms with Crippen molar-refractivity contribution in [2.45, 2.75) is 57.2 Å². The molecule has 2 heterocycles. The van der Waals surface area contributed by atoms with Gasteiger partial charge in [0.25, 0.3) is 0 Å². The van der Waals surface area contributed by atoms with Crippen LogP contribution in [0.15, 0.2) is 4.52 Å². The maximum Gasteiger partial charge on any atom is 0.240 e. The summed E-state index contributed by atoms with van der Waals surface area (Å²) in [6.07, 6.45) is 4.47. The summed E-state index contributed by atoms with van der Waals surface area (Å²) < 4.78 is 11.0. The van der Waals surface area contributed by atoms with Gasteiger partial charge in [-0.25, -0.2) is 0 Å². The number of hydrogen-bond donors (Lipinski definition) is 1. The minimum atomic E-state index is 0.0221. The number of carbonyl (C=O) groups excluding carboxylic acids is 1. The fourth-order valence-electron chi connectivity index (χ4n) is 4.34. The Bertz CT molecular complexity index is 600. The molecule has 0 spiro atoms. The standard InChI is InChI=1S/C17H26N4O3/c1-10(22)18-14-5-12-7-21(8-13(12)6-15(14)23-2)9-16-19-17(20-24-16)11-3-4-11/h11-15H,3-9H2,1-2H3,(H,18,22)/t12-,13+,14-,15-/m1/s1. The molecule has 1 aromatic rings. The number of hydrogen-bond acceptors (Lipinski definition) is 6. The first-order chi connectivity index (χ1) is 11.6. The van der Waals surface area contributed by atoms with Gasteiger partial charge in [0.1, 0.15) is 0 Å². The van der Waals surface area contributed by atoms with E-state index in [1.165, 1.54) is 12.8 Å². The maximum atomic E-state index is 11.4. The van der Waals surface area contributed by atoms with E-state index in [-0.39, 0.29) is 18.1 Å². The molecule has 3 aliphatic rings. The Morgan fingerprint density at radius 2 is 2.08 bits per heavy atom. The quantitative estimate of drug-likeness (QED) is 0.874. The van der Waals surface area contributed by atoms with Crippen LogP contribution in [0, 0.1) is 11.8 Å². The lowest BCUT2D eigenvalue weighted by molar-refractivity contribution is -0.121. The van der Waals surface area contributed by atoms with Gasteiger partial charge < -0.3 is 14.6 Å². The van der Waals surface area contributed by atoms with Crippen LogP contribution >= 0.6 is 0 Å². The zero-order chi connectivity index (χ0) is 16.7. The first kappa shape index (κ1) is 16.0. The summed E-state index contributed by atoms with van der Waals surface area (Å²) >= 11 is 0. The number of amides is 1. The molecule has 7 heteroatoms. The number of carbonyl (C=O) groups is 1. The van der Waals surface area contributed by atoms with E-state index in [9.17, 15) is 4.79 Å².